The first-order valence-corrected chi connectivity index (χ1v) is 9.13. The molecule has 3 heteroatoms. The number of halogens is 1. The van der Waals surface area contributed by atoms with Gasteiger partial charge in [0.1, 0.15) is 0 Å². The van der Waals surface area contributed by atoms with Gasteiger partial charge in [0.15, 0.2) is 6.29 Å². The molecule has 0 aromatic carbocycles. The maximum absolute atomic E-state index is 5.64. The summed E-state index contributed by atoms with van der Waals surface area (Å²) in [6.07, 6.45) is 11.5. The summed E-state index contributed by atoms with van der Waals surface area (Å²) < 4.78 is 11.0. The Balaban J connectivity index is 3.34. The van der Waals surface area contributed by atoms with Gasteiger partial charge in [-0.2, -0.15) is 0 Å². The highest BCUT2D eigenvalue weighted by Crippen LogP contribution is 2.09. The smallest absolute Gasteiger partial charge is 0.157 e. The molecule has 0 aliphatic rings. The monoisotopic (exact) mass is 316 g/mol. The van der Waals surface area contributed by atoms with Crippen LogP contribution >= 0.6 is 11.6 Å². The van der Waals surface area contributed by atoms with Gasteiger partial charge in [-0.15, -0.1) is 23.4 Å². The Morgan fingerprint density at radius 3 is 1.81 bits per heavy atom. The van der Waals surface area contributed by atoms with Crippen LogP contribution in [0.5, 0.6) is 0 Å². The standard InChI is InChI=1S/C18H33ClO2/c1-3-20-18(21-4-2)16-14-12-10-8-6-5-7-9-11-13-15-17-19/h18H,3-4,7-17H2,1-2H3. The second kappa shape index (κ2) is 17.8. The molecule has 0 unspecified atom stereocenters. The lowest BCUT2D eigenvalue weighted by molar-refractivity contribution is -0.140. The van der Waals surface area contributed by atoms with E-state index in [0.717, 1.165) is 51.2 Å². The van der Waals surface area contributed by atoms with Gasteiger partial charge >= 0.3 is 0 Å². The van der Waals surface area contributed by atoms with Crippen molar-refractivity contribution >= 4 is 11.6 Å². The minimum atomic E-state index is -0.0147. The minimum absolute atomic E-state index is 0.0147. The zero-order valence-corrected chi connectivity index (χ0v) is 14.7. The lowest BCUT2D eigenvalue weighted by Crippen LogP contribution is -2.17. The molecular weight excluding hydrogens is 284 g/mol. The summed E-state index contributed by atoms with van der Waals surface area (Å²) in [5, 5.41) is 0. The van der Waals surface area contributed by atoms with E-state index >= 15 is 0 Å². The van der Waals surface area contributed by atoms with Gasteiger partial charge in [-0.05, 0) is 46.0 Å². The lowest BCUT2D eigenvalue weighted by Gasteiger charge is -2.16. The third kappa shape index (κ3) is 16.0. The van der Waals surface area contributed by atoms with Gasteiger partial charge in [0, 0.05) is 31.9 Å². The van der Waals surface area contributed by atoms with Crippen LogP contribution < -0.4 is 0 Å². The first-order valence-electron chi connectivity index (χ1n) is 8.60. The number of unbranched alkanes of at least 4 members (excludes halogenated alkanes) is 7. The summed E-state index contributed by atoms with van der Waals surface area (Å²) >= 11 is 5.64. The van der Waals surface area contributed by atoms with Crippen molar-refractivity contribution in [2.45, 2.75) is 84.3 Å². The summed E-state index contributed by atoms with van der Waals surface area (Å²) in [7, 11) is 0. The van der Waals surface area contributed by atoms with Crippen molar-refractivity contribution in [1.29, 1.82) is 0 Å². The molecule has 0 fully saturated rings. The van der Waals surface area contributed by atoms with Crippen LogP contribution in [0.2, 0.25) is 0 Å². The highest BCUT2D eigenvalue weighted by atomic mass is 35.5. The van der Waals surface area contributed by atoms with Crippen LogP contribution in [-0.4, -0.2) is 25.4 Å². The molecular formula is C18H33ClO2. The van der Waals surface area contributed by atoms with Crippen molar-refractivity contribution < 1.29 is 9.47 Å². The van der Waals surface area contributed by atoms with Crippen molar-refractivity contribution in [1.82, 2.24) is 0 Å². The Kier molecular flexibility index (Phi) is 17.6. The average Bonchev–Trinajstić information content (AvgIpc) is 2.48. The predicted octanol–water partition coefficient (Wildman–Crippen LogP) is 5.53. The topological polar surface area (TPSA) is 18.5 Å². The molecule has 0 bridgehead atoms. The Morgan fingerprint density at radius 1 is 0.762 bits per heavy atom. The zero-order chi connectivity index (χ0) is 15.6. The van der Waals surface area contributed by atoms with Gasteiger partial charge in [-0.1, -0.05) is 19.3 Å². The summed E-state index contributed by atoms with van der Waals surface area (Å²) in [6.45, 7) is 5.47. The fraction of sp³-hybridized carbons (Fsp3) is 0.889. The van der Waals surface area contributed by atoms with E-state index in [4.69, 9.17) is 21.1 Å². The fourth-order valence-corrected chi connectivity index (χ4v) is 2.31. The second-order valence-corrected chi connectivity index (χ2v) is 5.52. The largest absolute Gasteiger partial charge is 0.353 e. The van der Waals surface area contributed by atoms with Crippen LogP contribution in [0.4, 0.5) is 0 Å². The molecule has 0 saturated heterocycles. The maximum Gasteiger partial charge on any atom is 0.157 e. The number of ether oxygens (including phenoxy) is 2. The molecule has 2 nitrogen and oxygen atoms in total. The Hall–Kier alpha value is -0.230. The summed E-state index contributed by atoms with van der Waals surface area (Å²) in [6, 6.07) is 0. The van der Waals surface area contributed by atoms with Gasteiger partial charge in [0.2, 0.25) is 0 Å². The van der Waals surface area contributed by atoms with Crippen LogP contribution in [0.25, 0.3) is 0 Å². The van der Waals surface area contributed by atoms with E-state index in [-0.39, 0.29) is 6.29 Å². The Morgan fingerprint density at radius 2 is 1.29 bits per heavy atom. The minimum Gasteiger partial charge on any atom is -0.353 e. The van der Waals surface area contributed by atoms with Crippen molar-refractivity contribution in [3.05, 3.63) is 0 Å². The molecule has 0 saturated carbocycles. The van der Waals surface area contributed by atoms with Crippen LogP contribution in [0.1, 0.15) is 78.1 Å². The lowest BCUT2D eigenvalue weighted by atomic mass is 10.1. The van der Waals surface area contributed by atoms with Gasteiger partial charge in [-0.3, -0.25) is 0 Å². The molecule has 0 aromatic rings. The molecule has 21 heavy (non-hydrogen) atoms. The van der Waals surface area contributed by atoms with E-state index in [1.54, 1.807) is 0 Å². The van der Waals surface area contributed by atoms with E-state index in [2.05, 4.69) is 11.8 Å². The zero-order valence-electron chi connectivity index (χ0n) is 14.0. The van der Waals surface area contributed by atoms with Crippen molar-refractivity contribution in [3.63, 3.8) is 0 Å². The van der Waals surface area contributed by atoms with E-state index in [9.17, 15) is 0 Å². The molecule has 0 N–H and O–H groups in total. The van der Waals surface area contributed by atoms with Gasteiger partial charge in [0.25, 0.3) is 0 Å². The summed E-state index contributed by atoms with van der Waals surface area (Å²) in [4.78, 5) is 0. The molecule has 124 valence electrons. The molecule has 0 aromatic heterocycles. The average molecular weight is 317 g/mol. The second-order valence-electron chi connectivity index (χ2n) is 5.15. The first-order chi connectivity index (χ1) is 10.3. The number of rotatable bonds is 14. The highest BCUT2D eigenvalue weighted by molar-refractivity contribution is 6.17. The first kappa shape index (κ1) is 20.8. The molecule has 0 aliphatic heterocycles. The van der Waals surface area contributed by atoms with E-state index in [1.165, 1.54) is 32.1 Å². The molecule has 0 atom stereocenters. The van der Waals surface area contributed by atoms with Gasteiger partial charge < -0.3 is 9.47 Å². The number of hydrogen-bond donors (Lipinski definition) is 0. The van der Waals surface area contributed by atoms with E-state index < -0.39 is 0 Å². The maximum atomic E-state index is 5.64. The molecule has 0 spiro atoms. The van der Waals surface area contributed by atoms with Crippen LogP contribution in [-0.2, 0) is 9.47 Å². The quantitative estimate of drug-likeness (QED) is 0.181. The van der Waals surface area contributed by atoms with Crippen molar-refractivity contribution in [2.75, 3.05) is 19.1 Å². The highest BCUT2D eigenvalue weighted by Gasteiger charge is 2.06. The molecule has 0 rings (SSSR count). The molecule has 0 heterocycles. The predicted molar refractivity (Wildman–Crippen MR) is 91.7 cm³/mol. The van der Waals surface area contributed by atoms with Crippen molar-refractivity contribution in [3.8, 4) is 11.8 Å². The normalized spacial score (nSPS) is 10.7. The van der Waals surface area contributed by atoms with Gasteiger partial charge in [0.05, 0.1) is 0 Å². The van der Waals surface area contributed by atoms with Crippen molar-refractivity contribution in [2.24, 2.45) is 0 Å². The number of alkyl halides is 1. The Bertz CT molecular complexity index is 252. The Labute approximate surface area is 136 Å². The van der Waals surface area contributed by atoms with Crippen LogP contribution in [0.15, 0.2) is 0 Å². The summed E-state index contributed by atoms with van der Waals surface area (Å²) in [5.74, 6) is 7.34. The summed E-state index contributed by atoms with van der Waals surface area (Å²) in [5.41, 5.74) is 0. The van der Waals surface area contributed by atoms with E-state index in [1.807, 2.05) is 13.8 Å². The van der Waals surface area contributed by atoms with E-state index in [0.29, 0.717) is 0 Å². The fourth-order valence-electron chi connectivity index (χ4n) is 2.13. The van der Waals surface area contributed by atoms with Gasteiger partial charge in [-0.25, -0.2) is 0 Å². The third-order valence-electron chi connectivity index (χ3n) is 3.26. The number of hydrogen-bond acceptors (Lipinski definition) is 2. The van der Waals surface area contributed by atoms with Crippen LogP contribution in [0.3, 0.4) is 0 Å². The molecule has 0 aliphatic carbocycles. The SMILES string of the molecule is CCOC(CCCCCC#CCCCCCCCl)OCC. The third-order valence-corrected chi connectivity index (χ3v) is 3.52. The molecule has 0 radical (unpaired) electrons. The molecule has 0 amide bonds. The van der Waals surface area contributed by atoms with Crippen LogP contribution in [0, 0.1) is 11.8 Å².